The van der Waals surface area contributed by atoms with Crippen molar-refractivity contribution in [3.05, 3.63) is 72.0 Å². The smallest absolute Gasteiger partial charge is 0.185 e. The minimum Gasteiger partial charge on any atom is -0.490 e. The maximum Gasteiger partial charge on any atom is 0.185 e. The molecule has 0 fully saturated rings. The Bertz CT molecular complexity index is 817. The molecule has 0 N–H and O–H groups in total. The standard InChI is InChI=1S/C24H28O4/c1-16(2)26-20-12-10-19(11-13-20)22(25)15-14-21-23(27-17(3)4)8-7-9-24(21)28-18(5)6/h7-15,17-18H,1H2,2-6H3/b15-14+. The van der Waals surface area contributed by atoms with Gasteiger partial charge in [0.05, 0.1) is 23.5 Å². The van der Waals surface area contributed by atoms with Crippen LogP contribution in [0.3, 0.4) is 0 Å². The van der Waals surface area contributed by atoms with Gasteiger partial charge in [-0.2, -0.15) is 0 Å². The van der Waals surface area contributed by atoms with E-state index < -0.39 is 0 Å². The van der Waals surface area contributed by atoms with Crippen molar-refractivity contribution in [3.8, 4) is 17.2 Å². The zero-order valence-electron chi connectivity index (χ0n) is 17.2. The van der Waals surface area contributed by atoms with Gasteiger partial charge in [0.25, 0.3) is 0 Å². The molecular weight excluding hydrogens is 352 g/mol. The van der Waals surface area contributed by atoms with Crippen LogP contribution in [0.5, 0.6) is 17.2 Å². The van der Waals surface area contributed by atoms with Crippen molar-refractivity contribution in [1.29, 1.82) is 0 Å². The van der Waals surface area contributed by atoms with Gasteiger partial charge in [0.1, 0.15) is 17.2 Å². The Morgan fingerprint density at radius 2 is 1.46 bits per heavy atom. The van der Waals surface area contributed by atoms with Crippen LogP contribution in [0.4, 0.5) is 0 Å². The van der Waals surface area contributed by atoms with E-state index in [9.17, 15) is 4.79 Å². The fourth-order valence-electron chi connectivity index (χ4n) is 2.55. The Kier molecular flexibility index (Phi) is 7.44. The molecule has 0 heterocycles. The van der Waals surface area contributed by atoms with E-state index in [1.54, 1.807) is 37.3 Å². The van der Waals surface area contributed by atoms with E-state index in [4.69, 9.17) is 14.2 Å². The van der Waals surface area contributed by atoms with Crippen LogP contribution in [-0.4, -0.2) is 18.0 Å². The topological polar surface area (TPSA) is 44.8 Å². The predicted molar refractivity (Wildman–Crippen MR) is 113 cm³/mol. The Morgan fingerprint density at radius 3 is 1.93 bits per heavy atom. The highest BCUT2D eigenvalue weighted by atomic mass is 16.5. The van der Waals surface area contributed by atoms with E-state index in [1.807, 2.05) is 45.9 Å². The molecule has 0 aliphatic carbocycles. The summed E-state index contributed by atoms with van der Waals surface area (Å²) in [5.74, 6) is 2.50. The Labute approximate surface area is 167 Å². The average Bonchev–Trinajstić information content (AvgIpc) is 2.60. The predicted octanol–water partition coefficient (Wildman–Crippen LogP) is 6.07. The second-order valence-electron chi connectivity index (χ2n) is 7.03. The molecule has 4 heteroatoms. The number of carbonyl (C=O) groups is 1. The average molecular weight is 380 g/mol. The lowest BCUT2D eigenvalue weighted by molar-refractivity contribution is 0.104. The molecule has 0 aliphatic heterocycles. The minimum absolute atomic E-state index is 0.0120. The summed E-state index contributed by atoms with van der Waals surface area (Å²) < 4.78 is 17.2. The van der Waals surface area contributed by atoms with Gasteiger partial charge in [0, 0.05) is 5.56 Å². The number of hydrogen-bond acceptors (Lipinski definition) is 4. The van der Waals surface area contributed by atoms with Crippen LogP contribution in [0.25, 0.3) is 6.08 Å². The van der Waals surface area contributed by atoms with Crippen LogP contribution in [0.15, 0.2) is 60.9 Å². The number of benzene rings is 2. The third-order valence-electron chi connectivity index (χ3n) is 3.58. The zero-order chi connectivity index (χ0) is 20.7. The van der Waals surface area contributed by atoms with Gasteiger partial charge in [0.2, 0.25) is 0 Å². The first kappa shape index (κ1) is 21.3. The molecule has 0 spiro atoms. The van der Waals surface area contributed by atoms with E-state index in [1.165, 1.54) is 6.08 Å². The first-order valence-electron chi connectivity index (χ1n) is 9.38. The summed E-state index contributed by atoms with van der Waals surface area (Å²) in [6.45, 7) is 13.3. The lowest BCUT2D eigenvalue weighted by Gasteiger charge is -2.17. The number of carbonyl (C=O) groups excluding carboxylic acids is 1. The number of ether oxygens (including phenoxy) is 3. The minimum atomic E-state index is -0.114. The van der Waals surface area contributed by atoms with Crippen LogP contribution in [0.2, 0.25) is 0 Å². The maximum atomic E-state index is 12.6. The van der Waals surface area contributed by atoms with Crippen molar-refractivity contribution in [3.63, 3.8) is 0 Å². The SMILES string of the molecule is C=C(C)Oc1ccc(C(=O)/C=C/c2c(OC(C)C)cccc2OC(C)C)cc1. The second kappa shape index (κ2) is 9.79. The quantitative estimate of drug-likeness (QED) is 0.301. The van der Waals surface area contributed by atoms with Crippen LogP contribution < -0.4 is 14.2 Å². The molecule has 2 aromatic rings. The van der Waals surface area contributed by atoms with Crippen molar-refractivity contribution in [2.75, 3.05) is 0 Å². The second-order valence-corrected chi connectivity index (χ2v) is 7.03. The normalized spacial score (nSPS) is 11.1. The summed E-state index contributed by atoms with van der Waals surface area (Å²) in [6, 6.07) is 12.6. The van der Waals surface area contributed by atoms with Gasteiger partial charge in [-0.15, -0.1) is 0 Å². The molecule has 0 unspecified atom stereocenters. The van der Waals surface area contributed by atoms with E-state index in [0.29, 0.717) is 28.6 Å². The fourth-order valence-corrected chi connectivity index (χ4v) is 2.55. The highest BCUT2D eigenvalue weighted by molar-refractivity contribution is 6.07. The molecule has 0 aliphatic rings. The van der Waals surface area contributed by atoms with Gasteiger partial charge in [-0.1, -0.05) is 12.6 Å². The first-order valence-corrected chi connectivity index (χ1v) is 9.38. The van der Waals surface area contributed by atoms with E-state index in [-0.39, 0.29) is 18.0 Å². The molecule has 2 rings (SSSR count). The highest BCUT2D eigenvalue weighted by Crippen LogP contribution is 2.31. The number of hydrogen-bond donors (Lipinski definition) is 0. The molecule has 28 heavy (non-hydrogen) atoms. The van der Waals surface area contributed by atoms with Gasteiger partial charge >= 0.3 is 0 Å². The maximum absolute atomic E-state index is 12.6. The molecular formula is C24H28O4. The Morgan fingerprint density at radius 1 is 0.929 bits per heavy atom. The van der Waals surface area contributed by atoms with Crippen molar-refractivity contribution in [2.45, 2.75) is 46.8 Å². The van der Waals surface area contributed by atoms with Gasteiger partial charge in [-0.05, 0) is 83.2 Å². The van der Waals surface area contributed by atoms with Crippen molar-refractivity contribution >= 4 is 11.9 Å². The Hall–Kier alpha value is -3.01. The summed E-state index contributed by atoms with van der Waals surface area (Å²) in [4.78, 5) is 12.6. The molecule has 4 nitrogen and oxygen atoms in total. The first-order chi connectivity index (χ1) is 13.3. The summed E-state index contributed by atoms with van der Waals surface area (Å²) in [7, 11) is 0. The van der Waals surface area contributed by atoms with Gasteiger partial charge < -0.3 is 14.2 Å². The lowest BCUT2D eigenvalue weighted by Crippen LogP contribution is -2.10. The number of ketones is 1. The fraction of sp³-hybridized carbons (Fsp3) is 0.292. The number of allylic oxidation sites excluding steroid dienone is 2. The van der Waals surface area contributed by atoms with Crippen LogP contribution in [0.1, 0.15) is 50.5 Å². The molecule has 0 atom stereocenters. The third-order valence-corrected chi connectivity index (χ3v) is 3.58. The molecule has 0 radical (unpaired) electrons. The summed E-state index contributed by atoms with van der Waals surface area (Å²) in [6.07, 6.45) is 3.30. The van der Waals surface area contributed by atoms with Crippen LogP contribution in [-0.2, 0) is 0 Å². The largest absolute Gasteiger partial charge is 0.490 e. The van der Waals surface area contributed by atoms with E-state index in [0.717, 1.165) is 5.56 Å². The van der Waals surface area contributed by atoms with Crippen molar-refractivity contribution in [1.82, 2.24) is 0 Å². The monoisotopic (exact) mass is 380 g/mol. The van der Waals surface area contributed by atoms with E-state index >= 15 is 0 Å². The van der Waals surface area contributed by atoms with Crippen LogP contribution in [0, 0.1) is 0 Å². The number of rotatable bonds is 9. The molecule has 0 saturated carbocycles. The van der Waals surface area contributed by atoms with Crippen LogP contribution >= 0.6 is 0 Å². The highest BCUT2D eigenvalue weighted by Gasteiger charge is 2.12. The van der Waals surface area contributed by atoms with Gasteiger partial charge in [-0.3, -0.25) is 4.79 Å². The summed E-state index contributed by atoms with van der Waals surface area (Å²) in [5.41, 5.74) is 1.32. The zero-order valence-corrected chi connectivity index (χ0v) is 17.2. The van der Waals surface area contributed by atoms with Gasteiger partial charge in [0.15, 0.2) is 5.78 Å². The molecule has 0 aromatic heterocycles. The molecule has 148 valence electrons. The molecule has 0 bridgehead atoms. The van der Waals surface area contributed by atoms with Gasteiger partial charge in [-0.25, -0.2) is 0 Å². The van der Waals surface area contributed by atoms with Crippen molar-refractivity contribution < 1.29 is 19.0 Å². The van der Waals surface area contributed by atoms with Crippen molar-refractivity contribution in [2.24, 2.45) is 0 Å². The molecule has 0 amide bonds. The summed E-state index contributed by atoms with van der Waals surface area (Å²) >= 11 is 0. The lowest BCUT2D eigenvalue weighted by atomic mass is 10.1. The molecule has 2 aromatic carbocycles. The molecule has 0 saturated heterocycles. The Balaban J connectivity index is 2.27. The van der Waals surface area contributed by atoms with E-state index in [2.05, 4.69) is 6.58 Å². The third kappa shape index (κ3) is 6.31. The summed E-state index contributed by atoms with van der Waals surface area (Å²) in [5, 5.41) is 0.